The van der Waals surface area contributed by atoms with Gasteiger partial charge in [0.1, 0.15) is 5.82 Å². The van der Waals surface area contributed by atoms with E-state index < -0.39 is 0 Å². The molecule has 28 heavy (non-hydrogen) atoms. The minimum Gasteiger partial charge on any atom is -0.356 e. The molecular weight excluding hydrogens is 474 g/mol. The molecule has 1 amide bonds. The number of nitrogens with one attached hydrogen (secondary N) is 3. The quantitative estimate of drug-likeness (QED) is 0.322. The molecule has 2 aromatic rings. The van der Waals surface area contributed by atoms with Crippen LogP contribution in [-0.4, -0.2) is 47.3 Å². The van der Waals surface area contributed by atoms with Crippen LogP contribution in [0.4, 0.5) is 4.39 Å². The van der Waals surface area contributed by atoms with Gasteiger partial charge in [-0.2, -0.15) is 5.10 Å². The molecule has 7 nitrogen and oxygen atoms in total. The fourth-order valence-electron chi connectivity index (χ4n) is 2.39. The standard InChI is InChI=1S/C19H27FN6O.HI/c1-19(2,3)24-17(27)13-23-18(21-4)22-11-9-15-10-12-26(25-15)16-7-5-14(20)6-8-16;/h5-8,10,12H,9,11,13H2,1-4H3,(H,24,27)(H2,21,22,23);1H. The monoisotopic (exact) mass is 502 g/mol. The molecule has 0 aliphatic carbocycles. The van der Waals surface area contributed by atoms with Crippen molar-refractivity contribution in [3.63, 3.8) is 0 Å². The number of carbonyl (C=O) groups excluding carboxylic acids is 1. The molecule has 0 spiro atoms. The van der Waals surface area contributed by atoms with E-state index >= 15 is 0 Å². The number of halogens is 2. The fraction of sp³-hybridized carbons (Fsp3) is 0.421. The van der Waals surface area contributed by atoms with E-state index in [1.54, 1.807) is 23.9 Å². The minimum absolute atomic E-state index is 0. The van der Waals surface area contributed by atoms with Gasteiger partial charge >= 0.3 is 0 Å². The van der Waals surface area contributed by atoms with Crippen LogP contribution in [0.3, 0.4) is 0 Å². The van der Waals surface area contributed by atoms with E-state index in [1.165, 1.54) is 12.1 Å². The van der Waals surface area contributed by atoms with Gasteiger partial charge in [-0.1, -0.05) is 0 Å². The highest BCUT2D eigenvalue weighted by Gasteiger charge is 2.13. The van der Waals surface area contributed by atoms with Crippen molar-refractivity contribution in [3.8, 4) is 5.69 Å². The van der Waals surface area contributed by atoms with Crippen LogP contribution in [0, 0.1) is 5.82 Å². The summed E-state index contributed by atoms with van der Waals surface area (Å²) in [6.07, 6.45) is 2.52. The highest BCUT2D eigenvalue weighted by molar-refractivity contribution is 14.0. The van der Waals surface area contributed by atoms with E-state index in [9.17, 15) is 9.18 Å². The lowest BCUT2D eigenvalue weighted by Gasteiger charge is -2.21. The summed E-state index contributed by atoms with van der Waals surface area (Å²) in [5.74, 6) is 0.186. The zero-order valence-electron chi connectivity index (χ0n) is 16.6. The summed E-state index contributed by atoms with van der Waals surface area (Å²) in [5.41, 5.74) is 1.43. The number of rotatable bonds is 6. The van der Waals surface area contributed by atoms with Crippen LogP contribution >= 0.6 is 24.0 Å². The molecule has 9 heteroatoms. The SMILES string of the molecule is CN=C(NCCc1ccn(-c2ccc(F)cc2)n1)NCC(=O)NC(C)(C)C.I. The number of amides is 1. The van der Waals surface area contributed by atoms with Crippen LogP contribution in [0.2, 0.25) is 0 Å². The predicted octanol–water partition coefficient (Wildman–Crippen LogP) is 2.25. The van der Waals surface area contributed by atoms with E-state index in [0.717, 1.165) is 11.4 Å². The van der Waals surface area contributed by atoms with E-state index in [-0.39, 0.29) is 47.8 Å². The molecule has 0 saturated carbocycles. The van der Waals surface area contributed by atoms with E-state index in [2.05, 4.69) is 26.0 Å². The molecule has 0 bridgehead atoms. The van der Waals surface area contributed by atoms with Gasteiger partial charge < -0.3 is 16.0 Å². The number of hydrogen-bond donors (Lipinski definition) is 3. The Morgan fingerprint density at radius 1 is 1.18 bits per heavy atom. The highest BCUT2D eigenvalue weighted by Crippen LogP contribution is 2.09. The number of carbonyl (C=O) groups is 1. The summed E-state index contributed by atoms with van der Waals surface area (Å²) < 4.78 is 14.7. The lowest BCUT2D eigenvalue weighted by atomic mass is 10.1. The lowest BCUT2D eigenvalue weighted by molar-refractivity contribution is -0.121. The number of guanidine groups is 1. The molecule has 0 aliphatic rings. The maximum atomic E-state index is 13.0. The zero-order chi connectivity index (χ0) is 19.9. The van der Waals surface area contributed by atoms with Gasteiger partial charge in [0.2, 0.25) is 5.91 Å². The second-order valence-electron chi connectivity index (χ2n) is 7.13. The first-order valence-corrected chi connectivity index (χ1v) is 8.83. The summed E-state index contributed by atoms with van der Waals surface area (Å²) in [6.45, 7) is 6.56. The van der Waals surface area contributed by atoms with Crippen molar-refractivity contribution in [3.05, 3.63) is 48.0 Å². The van der Waals surface area contributed by atoms with Gasteiger partial charge in [-0.05, 0) is 51.1 Å². The van der Waals surface area contributed by atoms with Gasteiger partial charge in [-0.15, -0.1) is 24.0 Å². The van der Waals surface area contributed by atoms with Gasteiger partial charge in [0.15, 0.2) is 5.96 Å². The van der Waals surface area contributed by atoms with Crippen molar-refractivity contribution >= 4 is 35.8 Å². The summed E-state index contributed by atoms with van der Waals surface area (Å²) in [6, 6.07) is 8.09. The molecule has 0 aliphatic heterocycles. The molecule has 0 atom stereocenters. The maximum Gasteiger partial charge on any atom is 0.239 e. The van der Waals surface area contributed by atoms with Gasteiger partial charge in [-0.3, -0.25) is 9.79 Å². The Bertz CT molecular complexity index is 782. The summed E-state index contributed by atoms with van der Waals surface area (Å²) in [4.78, 5) is 15.9. The van der Waals surface area contributed by atoms with Crippen molar-refractivity contribution < 1.29 is 9.18 Å². The Kier molecular flexibility index (Phi) is 9.36. The van der Waals surface area contributed by atoms with Crippen molar-refractivity contribution in [2.45, 2.75) is 32.7 Å². The Labute approximate surface area is 182 Å². The summed E-state index contributed by atoms with van der Waals surface area (Å²) in [7, 11) is 1.65. The predicted molar refractivity (Wildman–Crippen MR) is 120 cm³/mol. The molecule has 0 fully saturated rings. The van der Waals surface area contributed by atoms with Gasteiger partial charge in [0.25, 0.3) is 0 Å². The first-order valence-electron chi connectivity index (χ1n) is 8.83. The largest absolute Gasteiger partial charge is 0.356 e. The molecule has 1 aromatic carbocycles. The fourth-order valence-corrected chi connectivity index (χ4v) is 2.39. The lowest BCUT2D eigenvalue weighted by Crippen LogP contribution is -2.48. The number of aliphatic imine (C=N–C) groups is 1. The van der Waals surface area contributed by atoms with Gasteiger partial charge in [-0.25, -0.2) is 9.07 Å². The second kappa shape index (κ2) is 11.0. The van der Waals surface area contributed by atoms with Crippen LogP contribution in [-0.2, 0) is 11.2 Å². The summed E-state index contributed by atoms with van der Waals surface area (Å²) >= 11 is 0. The van der Waals surface area contributed by atoms with E-state index in [1.807, 2.05) is 33.0 Å². The maximum absolute atomic E-state index is 13.0. The van der Waals surface area contributed by atoms with Crippen LogP contribution in [0.1, 0.15) is 26.5 Å². The Hall–Kier alpha value is -2.17. The van der Waals surface area contributed by atoms with E-state index in [4.69, 9.17) is 0 Å². The molecular formula is C19H28FIN6O. The number of hydrogen-bond acceptors (Lipinski definition) is 3. The molecule has 0 unspecified atom stereocenters. The third kappa shape index (κ3) is 8.24. The van der Waals surface area contributed by atoms with Gasteiger partial charge in [0.05, 0.1) is 17.9 Å². The van der Waals surface area contributed by atoms with Crippen molar-refractivity contribution in [2.75, 3.05) is 20.1 Å². The first kappa shape index (κ1) is 23.9. The molecule has 3 N–H and O–H groups in total. The van der Waals surface area contributed by atoms with Crippen molar-refractivity contribution in [2.24, 2.45) is 4.99 Å². The molecule has 1 aromatic heterocycles. The Morgan fingerprint density at radius 2 is 1.86 bits per heavy atom. The van der Waals surface area contributed by atoms with Crippen molar-refractivity contribution in [1.29, 1.82) is 0 Å². The minimum atomic E-state index is -0.273. The molecule has 2 rings (SSSR count). The molecule has 154 valence electrons. The zero-order valence-corrected chi connectivity index (χ0v) is 19.0. The molecule has 0 saturated heterocycles. The third-order valence-corrected chi connectivity index (χ3v) is 3.56. The van der Waals surface area contributed by atoms with E-state index in [0.29, 0.717) is 18.9 Å². The Morgan fingerprint density at radius 3 is 2.46 bits per heavy atom. The van der Waals surface area contributed by atoms with Crippen LogP contribution in [0.15, 0.2) is 41.5 Å². The number of nitrogens with zero attached hydrogens (tertiary/aromatic N) is 3. The van der Waals surface area contributed by atoms with Crippen LogP contribution < -0.4 is 16.0 Å². The van der Waals surface area contributed by atoms with Crippen LogP contribution in [0.25, 0.3) is 5.69 Å². The first-order chi connectivity index (χ1) is 12.8. The van der Waals surface area contributed by atoms with Crippen molar-refractivity contribution in [1.82, 2.24) is 25.7 Å². The molecule has 0 radical (unpaired) electrons. The average Bonchev–Trinajstić information content (AvgIpc) is 3.06. The smallest absolute Gasteiger partial charge is 0.239 e. The van der Waals surface area contributed by atoms with Crippen LogP contribution in [0.5, 0.6) is 0 Å². The number of benzene rings is 1. The topological polar surface area (TPSA) is 83.3 Å². The average molecular weight is 502 g/mol. The highest BCUT2D eigenvalue weighted by atomic mass is 127. The Balaban J connectivity index is 0.00000392. The second-order valence-corrected chi connectivity index (χ2v) is 7.13. The number of aromatic nitrogens is 2. The summed E-state index contributed by atoms with van der Waals surface area (Å²) in [5, 5.41) is 13.5. The third-order valence-electron chi connectivity index (χ3n) is 3.56. The van der Waals surface area contributed by atoms with Gasteiger partial charge in [0, 0.05) is 31.7 Å². The molecule has 1 heterocycles. The normalized spacial score (nSPS) is 11.5.